The summed E-state index contributed by atoms with van der Waals surface area (Å²) in [7, 11) is 0. The molecule has 0 saturated carbocycles. The third-order valence-corrected chi connectivity index (χ3v) is 8.87. The highest BCUT2D eigenvalue weighted by atomic mass is 16.5. The van der Waals surface area contributed by atoms with Gasteiger partial charge in [-0.25, -0.2) is 4.79 Å². The molecule has 0 heterocycles. The number of carbonyl (C=O) groups is 4. The number of alkyl carbamates (subject to hydrolysis) is 1. The Morgan fingerprint density at radius 1 is 0.824 bits per heavy atom. The van der Waals surface area contributed by atoms with Crippen LogP contribution in [0, 0.1) is 24.2 Å². The van der Waals surface area contributed by atoms with E-state index in [-0.39, 0.29) is 44.3 Å². The highest BCUT2D eigenvalue weighted by Crippen LogP contribution is 2.20. The van der Waals surface area contributed by atoms with Gasteiger partial charge in [-0.2, -0.15) is 0 Å². The summed E-state index contributed by atoms with van der Waals surface area (Å²) in [5.74, 6) is 0.734. The van der Waals surface area contributed by atoms with Crippen molar-refractivity contribution >= 4 is 34.6 Å². The van der Waals surface area contributed by atoms with Crippen LogP contribution < -0.4 is 21.3 Å². The van der Waals surface area contributed by atoms with E-state index in [2.05, 4.69) is 27.2 Å². The van der Waals surface area contributed by atoms with Crippen LogP contribution in [0.1, 0.15) is 64.5 Å². The van der Waals surface area contributed by atoms with Gasteiger partial charge in [-0.15, -0.1) is 12.3 Å². The van der Waals surface area contributed by atoms with Crippen molar-refractivity contribution in [2.45, 2.75) is 96.7 Å². The van der Waals surface area contributed by atoms with E-state index in [4.69, 9.17) is 11.2 Å². The molecule has 3 rings (SSSR count). The van der Waals surface area contributed by atoms with Crippen LogP contribution >= 0.6 is 0 Å². The number of aliphatic hydroxyl groups excluding tert-OH is 2. The van der Waals surface area contributed by atoms with E-state index in [1.807, 2.05) is 100 Å². The minimum Gasteiger partial charge on any atom is -0.445 e. The first-order valence-corrected chi connectivity index (χ1v) is 17.5. The zero-order valence-electron chi connectivity index (χ0n) is 29.9. The third kappa shape index (κ3) is 13.0. The van der Waals surface area contributed by atoms with Crippen molar-refractivity contribution in [2.75, 3.05) is 6.61 Å². The zero-order valence-corrected chi connectivity index (χ0v) is 29.9. The standard InChI is InChI=1S/C40H52N4O7/c1-6-14-32(38(48)43-33(21-26(3)4)36(46)23-37(47)41-35(24-45)27(5)7-2)42-39(49)34(44-40(50)51-25-28-15-9-8-10-16-28)22-30-19-13-18-29-17-11-12-20-31(29)30/h1,8-13,15-20,26-27,32-36,45-46H,7,14,21-25H2,2-5H3,(H,41,47)(H,42,49)(H,43,48)(H,44,50)/t27?,32-,33?,34-,35+,36?/m0/s1. The summed E-state index contributed by atoms with van der Waals surface area (Å²) >= 11 is 0. The molecule has 3 aromatic rings. The largest absolute Gasteiger partial charge is 0.445 e. The van der Waals surface area contributed by atoms with E-state index < -0.39 is 54.1 Å². The molecule has 0 radical (unpaired) electrons. The van der Waals surface area contributed by atoms with Gasteiger partial charge in [-0.05, 0) is 40.2 Å². The van der Waals surface area contributed by atoms with Crippen LogP contribution in [-0.2, 0) is 32.1 Å². The van der Waals surface area contributed by atoms with Crippen molar-refractivity contribution in [3.05, 3.63) is 83.9 Å². The molecular formula is C40H52N4O7. The molecule has 0 aliphatic rings. The van der Waals surface area contributed by atoms with E-state index >= 15 is 0 Å². The maximum atomic E-state index is 13.9. The summed E-state index contributed by atoms with van der Waals surface area (Å²) in [5, 5.41) is 33.6. The number of hydrogen-bond donors (Lipinski definition) is 6. The quantitative estimate of drug-likeness (QED) is 0.103. The van der Waals surface area contributed by atoms with Crippen molar-refractivity contribution in [1.82, 2.24) is 21.3 Å². The average Bonchev–Trinajstić information content (AvgIpc) is 3.12. The molecule has 0 aromatic heterocycles. The van der Waals surface area contributed by atoms with E-state index in [1.165, 1.54) is 0 Å². The molecular weight excluding hydrogens is 648 g/mol. The lowest BCUT2D eigenvalue weighted by Crippen LogP contribution is -2.57. The fraction of sp³-hybridized carbons (Fsp3) is 0.450. The van der Waals surface area contributed by atoms with Gasteiger partial charge in [-0.1, -0.05) is 107 Å². The molecule has 11 heteroatoms. The summed E-state index contributed by atoms with van der Waals surface area (Å²) < 4.78 is 5.42. The van der Waals surface area contributed by atoms with E-state index in [9.17, 15) is 29.4 Å². The molecule has 6 atom stereocenters. The lowest BCUT2D eigenvalue weighted by Gasteiger charge is -2.29. The van der Waals surface area contributed by atoms with Gasteiger partial charge in [0.2, 0.25) is 17.7 Å². The first-order valence-electron chi connectivity index (χ1n) is 17.5. The third-order valence-electron chi connectivity index (χ3n) is 8.87. The molecule has 0 aliphatic carbocycles. The average molecular weight is 701 g/mol. The van der Waals surface area contributed by atoms with Gasteiger partial charge in [0.05, 0.1) is 31.2 Å². The van der Waals surface area contributed by atoms with Crippen LogP contribution in [0.3, 0.4) is 0 Å². The number of amides is 4. The lowest BCUT2D eigenvalue weighted by atomic mass is 9.95. The van der Waals surface area contributed by atoms with Crippen LogP contribution in [0.15, 0.2) is 72.8 Å². The van der Waals surface area contributed by atoms with Crippen LogP contribution in [-0.4, -0.2) is 70.9 Å². The number of terminal acetylenes is 1. The maximum absolute atomic E-state index is 13.9. The van der Waals surface area contributed by atoms with Crippen molar-refractivity contribution in [3.8, 4) is 12.3 Å². The minimum atomic E-state index is -1.25. The first-order chi connectivity index (χ1) is 24.4. The van der Waals surface area contributed by atoms with Crippen LogP contribution in [0.25, 0.3) is 10.8 Å². The molecule has 51 heavy (non-hydrogen) atoms. The maximum Gasteiger partial charge on any atom is 0.408 e. The Morgan fingerprint density at radius 3 is 2.16 bits per heavy atom. The number of carbonyl (C=O) groups excluding carboxylic acids is 4. The van der Waals surface area contributed by atoms with Crippen molar-refractivity contribution < 1.29 is 34.1 Å². The molecule has 3 unspecified atom stereocenters. The monoisotopic (exact) mass is 700 g/mol. The van der Waals surface area contributed by atoms with Crippen LogP contribution in [0.5, 0.6) is 0 Å². The highest BCUT2D eigenvalue weighted by molar-refractivity contribution is 5.93. The number of hydrogen-bond acceptors (Lipinski definition) is 7. The molecule has 0 saturated heterocycles. The summed E-state index contributed by atoms with van der Waals surface area (Å²) in [6.07, 6.45) is 4.25. The zero-order chi connectivity index (χ0) is 37.3. The number of aliphatic hydroxyl groups is 2. The number of nitrogens with one attached hydrogen (secondary N) is 4. The fourth-order valence-electron chi connectivity index (χ4n) is 5.76. The lowest BCUT2D eigenvalue weighted by molar-refractivity contribution is -0.131. The Kier molecular flexibility index (Phi) is 16.4. The van der Waals surface area contributed by atoms with E-state index in [0.717, 1.165) is 28.3 Å². The summed E-state index contributed by atoms with van der Waals surface area (Å²) in [4.78, 5) is 53.3. The number of benzene rings is 3. The predicted octanol–water partition coefficient (Wildman–Crippen LogP) is 3.99. The molecule has 3 aromatic carbocycles. The Morgan fingerprint density at radius 2 is 1.49 bits per heavy atom. The smallest absolute Gasteiger partial charge is 0.408 e. The predicted molar refractivity (Wildman–Crippen MR) is 197 cm³/mol. The Labute approximate surface area is 300 Å². The Balaban J connectivity index is 1.78. The van der Waals surface area contributed by atoms with Crippen molar-refractivity contribution in [3.63, 3.8) is 0 Å². The number of fused-ring (bicyclic) bond motifs is 1. The Bertz CT molecular complexity index is 1620. The van der Waals surface area contributed by atoms with E-state index in [1.54, 1.807) is 0 Å². The first kappa shape index (κ1) is 40.5. The van der Waals surface area contributed by atoms with Crippen LogP contribution in [0.4, 0.5) is 4.79 Å². The van der Waals surface area contributed by atoms with Gasteiger partial charge in [0, 0.05) is 12.8 Å². The minimum absolute atomic E-state index is 0.00667. The summed E-state index contributed by atoms with van der Waals surface area (Å²) in [5.41, 5.74) is 1.57. The second-order valence-electron chi connectivity index (χ2n) is 13.3. The molecule has 0 bridgehead atoms. The Hall–Kier alpha value is -4.92. The SMILES string of the molecule is C#CC[C@H](NC(=O)[C@H](Cc1cccc2ccccc12)NC(=O)OCc1ccccc1)C(=O)NC(CC(C)C)C(O)CC(=O)N[C@H](CO)C(C)CC. The van der Waals surface area contributed by atoms with Gasteiger partial charge in [0.15, 0.2) is 0 Å². The molecule has 6 N–H and O–H groups in total. The van der Waals surface area contributed by atoms with Gasteiger partial charge < -0.3 is 36.2 Å². The van der Waals surface area contributed by atoms with Gasteiger partial charge >= 0.3 is 6.09 Å². The molecule has 0 aliphatic heterocycles. The van der Waals surface area contributed by atoms with Crippen molar-refractivity contribution in [1.29, 1.82) is 0 Å². The van der Waals surface area contributed by atoms with E-state index in [0.29, 0.717) is 6.42 Å². The highest BCUT2D eigenvalue weighted by Gasteiger charge is 2.31. The molecule has 0 spiro atoms. The van der Waals surface area contributed by atoms with Gasteiger partial charge in [0.25, 0.3) is 0 Å². The van der Waals surface area contributed by atoms with Crippen LogP contribution in [0.2, 0.25) is 0 Å². The van der Waals surface area contributed by atoms with Crippen molar-refractivity contribution in [2.24, 2.45) is 11.8 Å². The molecule has 4 amide bonds. The van der Waals surface area contributed by atoms with Gasteiger partial charge in [-0.3, -0.25) is 14.4 Å². The molecule has 274 valence electrons. The summed E-state index contributed by atoms with van der Waals surface area (Å²) in [6.45, 7) is 7.45. The summed E-state index contributed by atoms with van der Waals surface area (Å²) in [6, 6.07) is 18.8. The normalized spacial score (nSPS) is 14.6. The molecule has 0 fully saturated rings. The topological polar surface area (TPSA) is 166 Å². The number of rotatable bonds is 19. The number of ether oxygens (including phenoxy) is 1. The molecule has 11 nitrogen and oxygen atoms in total. The second kappa shape index (κ2) is 20.7. The second-order valence-corrected chi connectivity index (χ2v) is 13.3. The van der Waals surface area contributed by atoms with Gasteiger partial charge in [0.1, 0.15) is 18.7 Å². The fourth-order valence-corrected chi connectivity index (χ4v) is 5.76.